The molecule has 11 heteroatoms. The summed E-state index contributed by atoms with van der Waals surface area (Å²) in [5, 5.41) is 6.90. The Morgan fingerprint density at radius 3 is 2.39 bits per heavy atom. The molecule has 2 aliphatic heterocycles. The molecule has 0 aliphatic carbocycles. The maximum atomic E-state index is 12.6. The van der Waals surface area contributed by atoms with Gasteiger partial charge in [-0.1, -0.05) is 19.1 Å². The molecule has 1 aromatic heterocycles. The van der Waals surface area contributed by atoms with Crippen LogP contribution in [0.3, 0.4) is 0 Å². The number of ether oxygens (including phenoxy) is 1. The number of carbonyl (C=O) groups is 5. The van der Waals surface area contributed by atoms with Gasteiger partial charge in [0, 0.05) is 25.5 Å². The van der Waals surface area contributed by atoms with Gasteiger partial charge in [0.15, 0.2) is 0 Å². The average Bonchev–Trinajstić information content (AvgIpc) is 3.15. The van der Waals surface area contributed by atoms with Crippen molar-refractivity contribution in [2.24, 2.45) is 0 Å². The summed E-state index contributed by atoms with van der Waals surface area (Å²) in [6.45, 7) is 2.20. The predicted octanol–water partition coefficient (Wildman–Crippen LogP) is 1.13. The summed E-state index contributed by atoms with van der Waals surface area (Å²) in [6, 6.07) is 9.19. The summed E-state index contributed by atoms with van der Waals surface area (Å²) in [4.78, 5) is 65.7. The fourth-order valence-electron chi connectivity index (χ4n) is 3.75. The molecule has 2 saturated heterocycles. The van der Waals surface area contributed by atoms with Crippen LogP contribution in [0, 0.1) is 0 Å². The van der Waals surface area contributed by atoms with Gasteiger partial charge in [-0.3, -0.25) is 34.7 Å². The van der Waals surface area contributed by atoms with Gasteiger partial charge in [0.05, 0.1) is 11.9 Å². The lowest BCUT2D eigenvalue weighted by atomic mass is 9.92. The largest absolute Gasteiger partial charge is 0.439 e. The van der Waals surface area contributed by atoms with E-state index in [0.29, 0.717) is 18.7 Å². The van der Waals surface area contributed by atoms with Gasteiger partial charge in [-0.2, -0.15) is 0 Å². The van der Waals surface area contributed by atoms with Gasteiger partial charge in [-0.15, -0.1) is 0 Å². The second kappa shape index (κ2) is 8.69. The fraction of sp³-hybridized carbons (Fsp3) is 0.273. The number of nitrogens with one attached hydrogen (secondary N) is 3. The second-order valence-electron chi connectivity index (χ2n) is 7.56. The number of hydrogen-bond acceptors (Lipinski definition) is 7. The van der Waals surface area contributed by atoms with E-state index in [1.807, 2.05) is 12.1 Å². The van der Waals surface area contributed by atoms with Crippen LogP contribution >= 0.6 is 0 Å². The number of pyridine rings is 1. The second-order valence-corrected chi connectivity index (χ2v) is 7.56. The van der Waals surface area contributed by atoms with Gasteiger partial charge in [0.25, 0.3) is 11.8 Å². The first-order valence-corrected chi connectivity index (χ1v) is 10.3. The topological polar surface area (TPSA) is 147 Å². The molecule has 3 heterocycles. The van der Waals surface area contributed by atoms with Crippen molar-refractivity contribution in [1.29, 1.82) is 0 Å². The van der Waals surface area contributed by atoms with Gasteiger partial charge in [-0.25, -0.2) is 9.78 Å². The first-order chi connectivity index (χ1) is 15.8. The molecule has 33 heavy (non-hydrogen) atoms. The number of amides is 6. The number of benzene rings is 1. The van der Waals surface area contributed by atoms with Gasteiger partial charge in [0.2, 0.25) is 23.2 Å². The van der Waals surface area contributed by atoms with Crippen LogP contribution in [-0.4, -0.2) is 40.2 Å². The Kier molecular flexibility index (Phi) is 5.78. The minimum atomic E-state index is -1.84. The quantitative estimate of drug-likeness (QED) is 0.558. The maximum Gasteiger partial charge on any atom is 0.328 e. The number of imide groups is 2. The molecule has 170 valence electrons. The summed E-state index contributed by atoms with van der Waals surface area (Å²) >= 11 is 0. The summed E-state index contributed by atoms with van der Waals surface area (Å²) in [6.07, 6.45) is 1.66. The Hall–Kier alpha value is -4.28. The molecule has 2 aromatic rings. The van der Waals surface area contributed by atoms with Crippen molar-refractivity contribution in [3.63, 3.8) is 0 Å². The Morgan fingerprint density at radius 2 is 1.79 bits per heavy atom. The van der Waals surface area contributed by atoms with Crippen LogP contribution in [0.15, 0.2) is 42.6 Å². The van der Waals surface area contributed by atoms with Gasteiger partial charge in [0.1, 0.15) is 5.75 Å². The van der Waals surface area contributed by atoms with Crippen LogP contribution < -0.4 is 25.6 Å². The molecule has 2 fully saturated rings. The minimum absolute atomic E-state index is 0.0294. The monoisotopic (exact) mass is 451 g/mol. The maximum absolute atomic E-state index is 12.6. The van der Waals surface area contributed by atoms with Gasteiger partial charge < -0.3 is 10.1 Å². The molecule has 1 aromatic carbocycles. The van der Waals surface area contributed by atoms with Crippen LogP contribution in [0.1, 0.15) is 31.7 Å². The standard InChI is InChI=1S/C22H21N5O6/c1-2-16(28)23-11-13-3-6-15(7-4-13)33-17-8-5-14(12-24-17)27-18(29)9-10-22(27)19(30)25-21(32)26-20(22)31/h3-8,12H,2,9-11H2,1H3,(H,23,28)(H2,25,26,30,31,32). The number of barbiturate groups is 1. The van der Waals surface area contributed by atoms with E-state index in [9.17, 15) is 24.0 Å². The lowest BCUT2D eigenvalue weighted by Crippen LogP contribution is -2.72. The molecule has 3 N–H and O–H groups in total. The molecule has 0 radical (unpaired) electrons. The van der Waals surface area contributed by atoms with Crippen LogP contribution in [0.5, 0.6) is 11.6 Å². The van der Waals surface area contributed by atoms with Crippen molar-refractivity contribution in [1.82, 2.24) is 20.9 Å². The molecule has 4 rings (SSSR count). The third-order valence-corrected chi connectivity index (χ3v) is 5.47. The summed E-state index contributed by atoms with van der Waals surface area (Å²) < 4.78 is 5.71. The van der Waals surface area contributed by atoms with E-state index in [-0.39, 0.29) is 30.3 Å². The summed E-state index contributed by atoms with van der Waals surface area (Å²) in [5.41, 5.74) is -0.697. The molecule has 2 aliphatic rings. The zero-order chi connectivity index (χ0) is 23.6. The first-order valence-electron chi connectivity index (χ1n) is 10.3. The Bertz CT molecular complexity index is 1110. The normalized spacial score (nSPS) is 17.1. The molecule has 6 amide bonds. The predicted molar refractivity (Wildman–Crippen MR) is 114 cm³/mol. The Morgan fingerprint density at radius 1 is 1.09 bits per heavy atom. The van der Waals surface area contributed by atoms with Gasteiger partial charge in [-0.05, 0) is 30.2 Å². The van der Waals surface area contributed by atoms with E-state index in [4.69, 9.17) is 4.74 Å². The fourth-order valence-corrected chi connectivity index (χ4v) is 3.75. The first kappa shape index (κ1) is 21.9. The minimum Gasteiger partial charge on any atom is -0.439 e. The number of nitrogens with zero attached hydrogens (tertiary/aromatic N) is 2. The average molecular weight is 451 g/mol. The van der Waals surface area contributed by atoms with Crippen LogP contribution in [0.25, 0.3) is 0 Å². The third kappa shape index (κ3) is 4.12. The summed E-state index contributed by atoms with van der Waals surface area (Å²) in [5.74, 6) is -1.42. The van der Waals surface area contributed by atoms with Crippen molar-refractivity contribution in [2.75, 3.05) is 4.90 Å². The number of anilines is 1. The number of carbonyl (C=O) groups excluding carboxylic acids is 5. The molecule has 0 unspecified atom stereocenters. The van der Waals surface area contributed by atoms with E-state index in [2.05, 4.69) is 20.9 Å². The highest BCUT2D eigenvalue weighted by atomic mass is 16.5. The van der Waals surface area contributed by atoms with Crippen molar-refractivity contribution in [2.45, 2.75) is 38.3 Å². The van der Waals surface area contributed by atoms with E-state index in [1.165, 1.54) is 18.3 Å². The van der Waals surface area contributed by atoms with E-state index in [0.717, 1.165) is 10.5 Å². The van der Waals surface area contributed by atoms with Crippen molar-refractivity contribution in [3.8, 4) is 11.6 Å². The van der Waals surface area contributed by atoms with E-state index in [1.54, 1.807) is 19.1 Å². The molecule has 1 spiro atoms. The van der Waals surface area contributed by atoms with Crippen LogP contribution in [0.2, 0.25) is 0 Å². The highest BCUT2D eigenvalue weighted by molar-refractivity contribution is 6.28. The highest BCUT2D eigenvalue weighted by Gasteiger charge is 2.60. The number of rotatable bonds is 6. The zero-order valence-corrected chi connectivity index (χ0v) is 17.7. The smallest absolute Gasteiger partial charge is 0.328 e. The lowest BCUT2D eigenvalue weighted by molar-refractivity contribution is -0.138. The van der Waals surface area contributed by atoms with Crippen molar-refractivity contribution >= 4 is 35.3 Å². The third-order valence-electron chi connectivity index (χ3n) is 5.47. The molecular formula is C22H21N5O6. The molecule has 0 bridgehead atoms. The highest BCUT2D eigenvalue weighted by Crippen LogP contribution is 2.37. The zero-order valence-electron chi connectivity index (χ0n) is 17.7. The van der Waals surface area contributed by atoms with E-state index >= 15 is 0 Å². The number of hydrogen-bond donors (Lipinski definition) is 3. The number of aromatic nitrogens is 1. The number of urea groups is 1. The molecule has 0 saturated carbocycles. The molecule has 0 atom stereocenters. The molecular weight excluding hydrogens is 430 g/mol. The lowest BCUT2D eigenvalue weighted by Gasteiger charge is -2.37. The van der Waals surface area contributed by atoms with Gasteiger partial charge >= 0.3 is 6.03 Å². The van der Waals surface area contributed by atoms with Crippen molar-refractivity contribution < 1.29 is 28.7 Å². The Labute approximate surface area is 188 Å². The van der Waals surface area contributed by atoms with Crippen LogP contribution in [0.4, 0.5) is 10.5 Å². The van der Waals surface area contributed by atoms with E-state index < -0.39 is 29.3 Å². The SMILES string of the molecule is CCC(=O)NCc1ccc(Oc2ccc(N3C(=O)CCC34C(=O)NC(=O)NC4=O)cn2)cc1. The Balaban J connectivity index is 1.48. The molecule has 11 nitrogen and oxygen atoms in total. The van der Waals surface area contributed by atoms with Crippen molar-refractivity contribution in [3.05, 3.63) is 48.2 Å². The van der Waals surface area contributed by atoms with Crippen LogP contribution in [-0.2, 0) is 25.7 Å². The summed E-state index contributed by atoms with van der Waals surface area (Å²) in [7, 11) is 0.